The van der Waals surface area contributed by atoms with Crippen LogP contribution in [0.3, 0.4) is 0 Å². The summed E-state index contributed by atoms with van der Waals surface area (Å²) in [5.74, 6) is -3.84. The van der Waals surface area contributed by atoms with E-state index < -0.39 is 24.1 Å². The van der Waals surface area contributed by atoms with Gasteiger partial charge in [0, 0.05) is 68.0 Å². The second-order valence-electron chi connectivity index (χ2n) is 13.8. The van der Waals surface area contributed by atoms with Gasteiger partial charge in [0.25, 0.3) is 5.56 Å². The van der Waals surface area contributed by atoms with Crippen LogP contribution < -0.4 is 5.56 Å². The number of aliphatic hydroxyl groups is 2. The molecular formula is C43H50ClFN6O9S. The van der Waals surface area contributed by atoms with Gasteiger partial charge in [0.1, 0.15) is 12.4 Å². The summed E-state index contributed by atoms with van der Waals surface area (Å²) in [6.07, 6.45) is 1.22. The van der Waals surface area contributed by atoms with Gasteiger partial charge in [-0.05, 0) is 71.6 Å². The molecule has 0 spiro atoms. The summed E-state index contributed by atoms with van der Waals surface area (Å²) >= 11 is 7.43. The van der Waals surface area contributed by atoms with Crippen LogP contribution in [-0.4, -0.2) is 120 Å². The van der Waals surface area contributed by atoms with E-state index in [-0.39, 0.29) is 29.7 Å². The number of likely N-dealkylation sites (N-methyl/N-ethyl adjacent to an activating group) is 1. The average Bonchev–Trinajstić information content (AvgIpc) is 3.79. The number of hydrogen-bond acceptors (Lipinski definition) is 11. The van der Waals surface area contributed by atoms with E-state index >= 15 is 0 Å². The van der Waals surface area contributed by atoms with Gasteiger partial charge in [-0.1, -0.05) is 85.7 Å². The zero-order valence-electron chi connectivity index (χ0n) is 34.0. The van der Waals surface area contributed by atoms with Crippen LogP contribution in [0.5, 0.6) is 0 Å². The molecule has 0 aliphatic carbocycles. The number of amides is 1. The molecule has 5 rings (SSSR count). The summed E-state index contributed by atoms with van der Waals surface area (Å²) in [6, 6.07) is 22.2. The number of carbonyl (C=O) groups excluding carboxylic acids is 1. The Balaban J connectivity index is 0.000000727. The lowest BCUT2D eigenvalue weighted by Crippen LogP contribution is -2.40. The van der Waals surface area contributed by atoms with Crippen molar-refractivity contribution in [3.05, 3.63) is 135 Å². The third-order valence-electron chi connectivity index (χ3n) is 9.72. The number of aromatic amines is 1. The molecule has 18 heteroatoms. The van der Waals surface area contributed by atoms with Crippen molar-refractivity contribution in [3.63, 3.8) is 0 Å². The van der Waals surface area contributed by atoms with Gasteiger partial charge in [0.15, 0.2) is 17.4 Å². The molecule has 2 heterocycles. The number of methoxy groups -OCH3 is 1. The molecule has 0 aliphatic heterocycles. The van der Waals surface area contributed by atoms with Gasteiger partial charge >= 0.3 is 11.9 Å². The number of thioether (sulfide) groups is 1. The number of H-pyrrole nitrogens is 1. The monoisotopic (exact) mass is 880 g/mol. The number of aliphatic hydroxyl groups excluding tert-OH is 2. The predicted octanol–water partition coefficient (Wildman–Crippen LogP) is 5.13. The largest absolute Gasteiger partial charge is 0.479 e. The molecule has 61 heavy (non-hydrogen) atoms. The van der Waals surface area contributed by atoms with Crippen molar-refractivity contribution in [1.82, 2.24) is 29.5 Å². The molecule has 3 aromatic carbocycles. The fourth-order valence-electron chi connectivity index (χ4n) is 6.15. The highest BCUT2D eigenvalue weighted by Gasteiger charge is 2.29. The van der Waals surface area contributed by atoms with Crippen LogP contribution in [-0.2, 0) is 38.0 Å². The first-order valence-corrected chi connectivity index (χ1v) is 20.7. The van der Waals surface area contributed by atoms with E-state index in [9.17, 15) is 23.6 Å². The van der Waals surface area contributed by atoms with E-state index in [0.717, 1.165) is 47.5 Å². The van der Waals surface area contributed by atoms with Crippen LogP contribution >= 0.6 is 23.4 Å². The van der Waals surface area contributed by atoms with Crippen molar-refractivity contribution in [3.8, 4) is 11.1 Å². The van der Waals surface area contributed by atoms with Crippen molar-refractivity contribution in [2.75, 3.05) is 39.9 Å². The first-order valence-electron chi connectivity index (χ1n) is 19.4. The Morgan fingerprint density at radius 2 is 1.49 bits per heavy atom. The number of aliphatic carboxylic acids is 2. The van der Waals surface area contributed by atoms with Crippen LogP contribution in [0.15, 0.2) is 101 Å². The summed E-state index contributed by atoms with van der Waals surface area (Å²) in [6.45, 7) is 8.06. The van der Waals surface area contributed by atoms with Gasteiger partial charge in [-0.3, -0.25) is 14.7 Å². The molecule has 2 aromatic heterocycles. The number of carboxylic acid groups (broad SMARTS) is 2. The first kappa shape index (κ1) is 48.2. The molecule has 326 valence electrons. The van der Waals surface area contributed by atoms with Crippen LogP contribution in [0.2, 0.25) is 5.02 Å². The van der Waals surface area contributed by atoms with E-state index in [4.69, 9.17) is 36.8 Å². The fraction of sp³-hybridized carbons (Fsp3) is 0.349. The molecule has 3 atom stereocenters. The molecule has 15 nitrogen and oxygen atoms in total. The summed E-state index contributed by atoms with van der Waals surface area (Å²) < 4.78 is 20.8. The first-order chi connectivity index (χ1) is 29.2. The number of carboxylic acids is 2. The molecule has 1 amide bonds. The maximum atomic E-state index is 14.3. The number of aromatic nitrogens is 4. The van der Waals surface area contributed by atoms with Crippen LogP contribution in [0, 0.1) is 5.82 Å². The molecule has 0 bridgehead atoms. The van der Waals surface area contributed by atoms with Crippen LogP contribution in [0.4, 0.5) is 4.39 Å². The van der Waals surface area contributed by atoms with Gasteiger partial charge in [0.2, 0.25) is 5.91 Å². The predicted molar refractivity (Wildman–Crippen MR) is 229 cm³/mol. The summed E-state index contributed by atoms with van der Waals surface area (Å²) in [5.41, 5.74) is 4.92. The Kier molecular flexibility index (Phi) is 19.1. The highest BCUT2D eigenvalue weighted by atomic mass is 35.5. The number of halogens is 2. The maximum Gasteiger partial charge on any atom is 0.335 e. The Morgan fingerprint density at radius 3 is 2.03 bits per heavy atom. The minimum absolute atomic E-state index is 0.0183. The third-order valence-corrected chi connectivity index (χ3v) is 11.0. The van der Waals surface area contributed by atoms with E-state index in [1.807, 2.05) is 29.2 Å². The van der Waals surface area contributed by atoms with Crippen LogP contribution in [0.25, 0.3) is 11.1 Å². The molecule has 5 aromatic rings. The zero-order chi connectivity index (χ0) is 44.5. The summed E-state index contributed by atoms with van der Waals surface area (Å²) in [5, 5.41) is 40.6. The van der Waals surface area contributed by atoms with E-state index in [1.165, 1.54) is 23.9 Å². The van der Waals surface area contributed by atoms with Crippen molar-refractivity contribution < 1.29 is 43.9 Å². The number of benzene rings is 3. The van der Waals surface area contributed by atoms with Crippen molar-refractivity contribution in [2.45, 2.75) is 62.4 Å². The minimum Gasteiger partial charge on any atom is -0.479 e. The van der Waals surface area contributed by atoms with E-state index in [0.29, 0.717) is 47.6 Å². The average molecular weight is 881 g/mol. The second kappa shape index (κ2) is 24.1. The number of rotatable bonds is 21. The van der Waals surface area contributed by atoms with Crippen LogP contribution in [0.1, 0.15) is 48.4 Å². The quantitative estimate of drug-likeness (QED) is 0.0479. The number of hydrogen-bond donors (Lipinski definition) is 5. The number of nitrogens with zero attached hydrogens (tertiary/aromatic N) is 5. The smallest absolute Gasteiger partial charge is 0.335 e. The van der Waals surface area contributed by atoms with Crippen molar-refractivity contribution in [2.24, 2.45) is 0 Å². The molecule has 0 saturated carbocycles. The van der Waals surface area contributed by atoms with Gasteiger partial charge < -0.3 is 39.5 Å². The maximum absolute atomic E-state index is 14.3. The number of ether oxygens (including phenoxy) is 1. The van der Waals surface area contributed by atoms with Gasteiger partial charge in [-0.25, -0.2) is 14.0 Å². The lowest BCUT2D eigenvalue weighted by molar-refractivity contribution is -0.165. The summed E-state index contributed by atoms with van der Waals surface area (Å²) in [7, 11) is 1.62. The van der Waals surface area contributed by atoms with Crippen molar-refractivity contribution >= 4 is 41.2 Å². The third kappa shape index (κ3) is 14.6. The molecule has 0 aliphatic rings. The number of nitrogens with one attached hydrogen (secondary N) is 1. The highest BCUT2D eigenvalue weighted by Crippen LogP contribution is 2.28. The summed E-state index contributed by atoms with van der Waals surface area (Å²) in [4.78, 5) is 56.2. The van der Waals surface area contributed by atoms with Gasteiger partial charge in [-0.15, -0.1) is 0 Å². The molecule has 0 fully saturated rings. The Hall–Kier alpha value is -5.43. The second-order valence-corrected chi connectivity index (χ2v) is 15.2. The molecule has 5 N–H and O–H groups in total. The number of carbonyl (C=O) groups is 3. The Morgan fingerprint density at radius 1 is 0.902 bits per heavy atom. The zero-order valence-corrected chi connectivity index (χ0v) is 35.6. The standard InChI is InChI=1S/C39H44ClFN6O3S.C4H6O6/c1-4-45(5-2)19-20-46(24-28-6-10-30(11-7-28)31-12-14-33(40)15-13-31)37(48)26-47-25-36(35(18-21-50-3)32-22-42-43-23-32)38(49)44-39(47)51-27-29-8-16-34(41)17-9-29;5-1(3(7)8)2(6)4(9)10/h6-17,22-23,25,35H,4-5,18-21,24,26-27H2,1-3H3,(H,42,43);1-2,5-6H,(H,7,8)(H,9,10). The molecule has 0 radical (unpaired) electrons. The minimum atomic E-state index is -2.27. The lowest BCUT2D eigenvalue weighted by Gasteiger charge is -2.28. The molecular weight excluding hydrogens is 831 g/mol. The Bertz CT molecular complexity index is 2190. The van der Waals surface area contributed by atoms with Crippen molar-refractivity contribution in [1.29, 1.82) is 0 Å². The lowest BCUT2D eigenvalue weighted by atomic mass is 9.92. The fourth-order valence-corrected chi connectivity index (χ4v) is 7.20. The molecule has 3 unspecified atom stereocenters. The van der Waals surface area contributed by atoms with E-state index in [2.05, 4.69) is 58.2 Å². The molecule has 0 saturated heterocycles. The highest BCUT2D eigenvalue weighted by molar-refractivity contribution is 7.98. The topological polar surface area (TPSA) is 211 Å². The normalized spacial score (nSPS) is 12.6. The van der Waals surface area contributed by atoms with E-state index in [1.54, 1.807) is 42.4 Å². The van der Waals surface area contributed by atoms with Gasteiger partial charge in [-0.2, -0.15) is 10.1 Å². The Labute approximate surface area is 361 Å². The van der Waals surface area contributed by atoms with Gasteiger partial charge in [0.05, 0.1) is 6.20 Å². The SMILES string of the molecule is CCN(CC)CCN(Cc1ccc(-c2ccc(Cl)cc2)cc1)C(=O)Cn1cc(C(CCOC)c2cn[nH]c2)c(=O)nc1SCc1ccc(F)cc1.O=C(O)C(O)C(O)C(=O)O.